The van der Waals surface area contributed by atoms with Gasteiger partial charge in [0.2, 0.25) is 0 Å². The van der Waals surface area contributed by atoms with Crippen LogP contribution < -0.4 is 10.6 Å². The predicted molar refractivity (Wildman–Crippen MR) is 141 cm³/mol. The minimum Gasteiger partial charge on any atom is -0.508 e. The van der Waals surface area contributed by atoms with Gasteiger partial charge >= 0.3 is 0 Å². The molecule has 0 unspecified atom stereocenters. The summed E-state index contributed by atoms with van der Waals surface area (Å²) in [6.45, 7) is 0.908. The molecule has 0 aliphatic heterocycles. The fourth-order valence-electron chi connectivity index (χ4n) is 3.79. The van der Waals surface area contributed by atoms with E-state index < -0.39 is 0 Å². The number of nitrogens with one attached hydrogen (secondary N) is 2. The Labute approximate surface area is 215 Å². The van der Waals surface area contributed by atoms with E-state index >= 15 is 0 Å². The average molecular weight is 544 g/mol. The number of phenols is 2. The third-order valence-corrected chi connectivity index (χ3v) is 6.23. The lowest BCUT2D eigenvalue weighted by atomic mass is 10.1. The van der Waals surface area contributed by atoms with E-state index in [9.17, 15) is 15.0 Å². The van der Waals surface area contributed by atoms with E-state index in [0.29, 0.717) is 35.6 Å². The number of hydrogen-bond acceptors (Lipinski definition) is 6. The molecule has 1 amide bonds. The summed E-state index contributed by atoms with van der Waals surface area (Å²) >= 11 is 3.50. The second-order valence-electron chi connectivity index (χ2n) is 8.17. The molecular formula is C27H22BrN5O3. The van der Waals surface area contributed by atoms with Crippen molar-refractivity contribution in [1.29, 1.82) is 0 Å². The summed E-state index contributed by atoms with van der Waals surface area (Å²) in [5, 5.41) is 30.5. The third-order valence-electron chi connectivity index (χ3n) is 5.67. The van der Waals surface area contributed by atoms with E-state index in [-0.39, 0.29) is 17.4 Å². The van der Waals surface area contributed by atoms with Gasteiger partial charge in [-0.25, -0.2) is 4.98 Å². The van der Waals surface area contributed by atoms with Crippen LogP contribution in [0.1, 0.15) is 21.5 Å². The zero-order chi connectivity index (χ0) is 25.1. The number of hydrogen-bond donors (Lipinski definition) is 4. The van der Waals surface area contributed by atoms with Crippen molar-refractivity contribution in [1.82, 2.24) is 19.9 Å². The molecular weight excluding hydrogens is 522 g/mol. The largest absolute Gasteiger partial charge is 0.508 e. The molecule has 3 aromatic carbocycles. The maximum absolute atomic E-state index is 12.3. The Kier molecular flexibility index (Phi) is 6.55. The van der Waals surface area contributed by atoms with Crippen molar-refractivity contribution < 1.29 is 15.0 Å². The molecule has 0 fully saturated rings. The molecule has 0 saturated heterocycles. The molecule has 5 aromatic rings. The number of carbonyl (C=O) groups is 1. The van der Waals surface area contributed by atoms with Crippen molar-refractivity contribution in [3.63, 3.8) is 0 Å². The number of nitrogens with zero attached hydrogens (tertiary/aromatic N) is 3. The zero-order valence-corrected chi connectivity index (χ0v) is 20.6. The van der Waals surface area contributed by atoms with Gasteiger partial charge in [-0.1, -0.05) is 42.5 Å². The number of benzene rings is 3. The van der Waals surface area contributed by atoms with Crippen molar-refractivity contribution in [2.75, 3.05) is 5.32 Å². The first-order chi connectivity index (χ1) is 17.5. The summed E-state index contributed by atoms with van der Waals surface area (Å²) in [4.78, 5) is 17.0. The highest BCUT2D eigenvalue weighted by atomic mass is 79.9. The van der Waals surface area contributed by atoms with Gasteiger partial charge in [0.1, 0.15) is 17.3 Å². The highest BCUT2D eigenvalue weighted by Crippen LogP contribution is 2.31. The fraction of sp³-hybridized carbons (Fsp3) is 0.0741. The Morgan fingerprint density at radius 1 is 0.917 bits per heavy atom. The standard InChI is InChI=1S/C27H22BrN5O3/c28-22-16-31-33-25(13-23(32-26(22)33)21-6-1-2-7-24(21)35)29-14-17-8-10-18(11-9-17)15-30-27(36)19-4-3-5-20(34)12-19/h1-13,16,29,34-35H,14-15H2,(H,30,36). The van der Waals surface area contributed by atoms with Crippen LogP contribution in [0.5, 0.6) is 11.5 Å². The van der Waals surface area contributed by atoms with Gasteiger partial charge in [0, 0.05) is 30.3 Å². The van der Waals surface area contributed by atoms with Gasteiger partial charge in [-0.15, -0.1) is 0 Å². The molecule has 0 radical (unpaired) electrons. The average Bonchev–Trinajstić information content (AvgIpc) is 3.27. The Morgan fingerprint density at radius 3 is 2.42 bits per heavy atom. The van der Waals surface area contributed by atoms with E-state index in [4.69, 9.17) is 0 Å². The van der Waals surface area contributed by atoms with Gasteiger partial charge in [0.25, 0.3) is 5.91 Å². The Morgan fingerprint density at radius 2 is 1.67 bits per heavy atom. The van der Waals surface area contributed by atoms with Crippen LogP contribution in [0.4, 0.5) is 5.82 Å². The molecule has 0 bridgehead atoms. The molecule has 4 N–H and O–H groups in total. The van der Waals surface area contributed by atoms with Crippen LogP contribution >= 0.6 is 15.9 Å². The number of fused-ring (bicyclic) bond motifs is 1. The lowest BCUT2D eigenvalue weighted by Gasteiger charge is -2.12. The van der Waals surface area contributed by atoms with Gasteiger partial charge < -0.3 is 20.8 Å². The van der Waals surface area contributed by atoms with Gasteiger partial charge in [0.05, 0.1) is 16.4 Å². The zero-order valence-electron chi connectivity index (χ0n) is 19.0. The monoisotopic (exact) mass is 543 g/mol. The van der Waals surface area contributed by atoms with Crippen molar-refractivity contribution in [3.8, 4) is 22.8 Å². The first-order valence-electron chi connectivity index (χ1n) is 11.2. The molecule has 2 heterocycles. The van der Waals surface area contributed by atoms with Gasteiger partial charge in [-0.05, 0) is 57.4 Å². The summed E-state index contributed by atoms with van der Waals surface area (Å²) in [6.07, 6.45) is 1.68. The molecule has 2 aromatic heterocycles. The minimum absolute atomic E-state index is 0.0566. The van der Waals surface area contributed by atoms with Crippen LogP contribution in [0.3, 0.4) is 0 Å². The number of carbonyl (C=O) groups excluding carboxylic acids is 1. The number of para-hydroxylation sites is 1. The highest BCUT2D eigenvalue weighted by molar-refractivity contribution is 9.10. The maximum atomic E-state index is 12.3. The number of phenolic OH excluding ortho intramolecular Hbond substituents is 2. The van der Waals surface area contributed by atoms with Gasteiger partial charge in [-0.2, -0.15) is 9.61 Å². The molecule has 0 aliphatic carbocycles. The topological polar surface area (TPSA) is 112 Å². The number of anilines is 1. The van der Waals surface area contributed by atoms with Crippen molar-refractivity contribution >= 4 is 33.3 Å². The van der Waals surface area contributed by atoms with Crippen LogP contribution in [-0.4, -0.2) is 30.7 Å². The molecule has 9 heteroatoms. The highest BCUT2D eigenvalue weighted by Gasteiger charge is 2.13. The molecule has 0 atom stereocenters. The van der Waals surface area contributed by atoms with E-state index in [1.165, 1.54) is 12.1 Å². The number of halogens is 1. The van der Waals surface area contributed by atoms with Crippen LogP contribution in [0.25, 0.3) is 16.9 Å². The van der Waals surface area contributed by atoms with Crippen molar-refractivity contribution in [3.05, 3.63) is 106 Å². The predicted octanol–water partition coefficient (Wildman–Crippen LogP) is 5.11. The second-order valence-corrected chi connectivity index (χ2v) is 9.03. The molecule has 8 nitrogen and oxygen atoms in total. The van der Waals surface area contributed by atoms with Crippen LogP contribution in [0.2, 0.25) is 0 Å². The van der Waals surface area contributed by atoms with E-state index in [1.807, 2.05) is 42.5 Å². The number of rotatable bonds is 7. The first-order valence-corrected chi connectivity index (χ1v) is 12.0. The van der Waals surface area contributed by atoms with E-state index in [2.05, 4.69) is 36.6 Å². The summed E-state index contributed by atoms with van der Waals surface area (Å²) in [5.41, 5.74) is 4.30. The summed E-state index contributed by atoms with van der Waals surface area (Å²) in [6, 6.07) is 23.1. The molecule has 0 aliphatic rings. The molecule has 5 rings (SSSR count). The number of aromatic hydroxyl groups is 2. The molecule has 0 saturated carbocycles. The Hall–Kier alpha value is -4.37. The minimum atomic E-state index is -0.246. The van der Waals surface area contributed by atoms with Crippen LogP contribution in [0, 0.1) is 0 Å². The van der Waals surface area contributed by atoms with Crippen LogP contribution in [0.15, 0.2) is 89.5 Å². The summed E-state index contributed by atoms with van der Waals surface area (Å²) in [7, 11) is 0. The first kappa shape index (κ1) is 23.4. The molecule has 36 heavy (non-hydrogen) atoms. The fourth-order valence-corrected chi connectivity index (χ4v) is 4.14. The Balaban J connectivity index is 1.28. The van der Waals surface area contributed by atoms with Gasteiger partial charge in [-0.3, -0.25) is 4.79 Å². The lowest BCUT2D eigenvalue weighted by Crippen LogP contribution is -2.22. The third kappa shape index (κ3) is 5.01. The van der Waals surface area contributed by atoms with Gasteiger partial charge in [0.15, 0.2) is 5.65 Å². The lowest BCUT2D eigenvalue weighted by molar-refractivity contribution is 0.0950. The van der Waals surface area contributed by atoms with Crippen LogP contribution in [-0.2, 0) is 13.1 Å². The molecule has 0 spiro atoms. The smallest absolute Gasteiger partial charge is 0.251 e. The Bertz CT molecular complexity index is 1550. The quantitative estimate of drug-likeness (QED) is 0.227. The molecule has 180 valence electrons. The number of aromatic nitrogens is 3. The van der Waals surface area contributed by atoms with E-state index in [1.54, 1.807) is 35.0 Å². The maximum Gasteiger partial charge on any atom is 0.251 e. The summed E-state index contributed by atoms with van der Waals surface area (Å²) in [5.74, 6) is 0.694. The van der Waals surface area contributed by atoms with Crippen molar-refractivity contribution in [2.24, 2.45) is 0 Å². The normalized spacial score (nSPS) is 10.9. The SMILES string of the molecule is O=C(NCc1ccc(CNc2cc(-c3ccccc3O)nc3c(Br)cnn23)cc1)c1cccc(O)c1. The van der Waals surface area contributed by atoms with Crippen molar-refractivity contribution in [2.45, 2.75) is 13.1 Å². The van der Waals surface area contributed by atoms with E-state index in [0.717, 1.165) is 21.4 Å². The second kappa shape index (κ2) is 10.1. The number of amides is 1. The summed E-state index contributed by atoms with van der Waals surface area (Å²) < 4.78 is 2.46.